The molecular weight excluding hydrogens is 1170 g/mol. The molecule has 0 spiro atoms. The third kappa shape index (κ3) is 10.5. The van der Waals surface area contributed by atoms with Crippen molar-refractivity contribution in [3.8, 4) is 89.0 Å². The third-order valence-electron chi connectivity index (χ3n) is 19.0. The highest BCUT2D eigenvalue weighted by Crippen LogP contribution is 2.43. The molecule has 0 saturated heterocycles. The second kappa shape index (κ2) is 23.4. The number of nitrogens with one attached hydrogen (secondary N) is 4. The van der Waals surface area contributed by atoms with Crippen LogP contribution in [0.4, 0.5) is 0 Å². The molecule has 0 aliphatic carbocycles. The number of H-pyrrole nitrogens is 4. The van der Waals surface area contributed by atoms with Crippen LogP contribution in [0.25, 0.3) is 182 Å². The van der Waals surface area contributed by atoms with Crippen LogP contribution in [0, 0.1) is 41.5 Å². The second-order valence-electron chi connectivity index (χ2n) is 25.8. The first-order valence-electron chi connectivity index (χ1n) is 32.8. The minimum Gasteiger partial charge on any atom is -0.354 e. The van der Waals surface area contributed by atoms with Gasteiger partial charge in [0.1, 0.15) is 0 Å². The van der Waals surface area contributed by atoms with Crippen molar-refractivity contribution in [2.75, 3.05) is 0 Å². The highest BCUT2D eigenvalue weighted by atomic mass is 14.8. The number of aromatic nitrogens is 8. The van der Waals surface area contributed by atoms with Crippen LogP contribution >= 0.6 is 0 Å². The molecule has 13 aromatic rings. The Balaban J connectivity index is 0.960. The molecule has 4 aliphatic heterocycles. The topological polar surface area (TPSA) is 115 Å². The van der Waals surface area contributed by atoms with Crippen molar-refractivity contribution in [1.82, 2.24) is 39.9 Å². The van der Waals surface area contributed by atoms with Crippen molar-refractivity contribution in [3.63, 3.8) is 0 Å². The van der Waals surface area contributed by atoms with E-state index in [2.05, 4.69) is 328 Å². The van der Waals surface area contributed by atoms with E-state index in [0.717, 1.165) is 179 Å². The molecule has 10 heterocycles. The van der Waals surface area contributed by atoms with E-state index in [1.807, 2.05) is 0 Å². The molecule has 4 N–H and O–H groups in total. The van der Waals surface area contributed by atoms with Crippen molar-refractivity contribution in [2.45, 2.75) is 41.5 Å². The smallest absolute Gasteiger partial charge is 0.0737 e. The Bertz CT molecular complexity index is 5380. The minimum atomic E-state index is 0.819. The van der Waals surface area contributed by atoms with Crippen LogP contribution < -0.4 is 0 Å². The lowest BCUT2D eigenvalue weighted by Gasteiger charge is -2.10. The number of fused-ring (bicyclic) bond motifs is 16. The number of aryl methyl sites for hydroxylation is 6. The summed E-state index contributed by atoms with van der Waals surface area (Å²) in [5.41, 5.74) is 37.6. The zero-order chi connectivity index (χ0) is 64.7. The molecule has 0 unspecified atom stereocenters. The van der Waals surface area contributed by atoms with E-state index >= 15 is 0 Å². The summed E-state index contributed by atoms with van der Waals surface area (Å²) in [5.74, 6) is 0. The number of nitrogens with zero attached hydrogens (tertiary/aromatic N) is 4. The Morgan fingerprint density at radius 2 is 0.333 bits per heavy atom. The van der Waals surface area contributed by atoms with E-state index in [1.165, 1.54) is 33.4 Å². The molecule has 0 radical (unpaired) electrons. The first-order valence-corrected chi connectivity index (χ1v) is 32.8. The molecule has 0 amide bonds. The summed E-state index contributed by atoms with van der Waals surface area (Å²) in [4.78, 5) is 38.6. The highest BCUT2D eigenvalue weighted by molar-refractivity contribution is 6.04. The predicted molar refractivity (Wildman–Crippen MR) is 403 cm³/mol. The van der Waals surface area contributed by atoms with E-state index in [9.17, 15) is 0 Å². The maximum Gasteiger partial charge on any atom is 0.0737 e. The Labute approximate surface area is 557 Å². The Morgan fingerprint density at radius 1 is 0.177 bits per heavy atom. The van der Waals surface area contributed by atoms with E-state index in [1.54, 1.807) is 0 Å². The number of hydrogen-bond donors (Lipinski definition) is 4. The fraction of sp³-hybridized carbons (Fsp3) is 0.0682. The largest absolute Gasteiger partial charge is 0.354 e. The van der Waals surface area contributed by atoms with Crippen LogP contribution in [-0.2, 0) is 0 Å². The second-order valence-corrected chi connectivity index (χ2v) is 25.8. The van der Waals surface area contributed by atoms with Gasteiger partial charge in [-0.15, -0.1) is 0 Å². The fourth-order valence-electron chi connectivity index (χ4n) is 14.0. The Morgan fingerprint density at radius 3 is 0.500 bits per heavy atom. The number of aromatic amines is 4. The first kappa shape index (κ1) is 57.6. The van der Waals surface area contributed by atoms with Crippen LogP contribution in [0.1, 0.15) is 78.9 Å². The summed E-state index contributed by atoms with van der Waals surface area (Å²) < 4.78 is 0. The summed E-state index contributed by atoms with van der Waals surface area (Å²) in [7, 11) is 0. The molecule has 0 fully saturated rings. The molecule has 7 aromatic carbocycles. The minimum absolute atomic E-state index is 0.819. The standard InChI is InChI=1S/C88H66N8/c1-51-10-22-57(23-11-51)81-65-34-38-69(89-65)83(59-26-14-53(3)15-27-59)73-42-46-77(93-73)87(78-47-43-74(94-78)84(70-39-35-66(81)90-70)60-28-16-54(4)17-29-60)63-8-7-9-64(50-63)88-79-48-44-75(95-79)85(61-30-18-55(5)19-31-61)71-40-36-67(91-71)82(58-24-12-52(2)13-25-58)68-37-41-72(92-68)86(76-45-49-80(88)96-76)62-32-20-56(6)21-33-62/h7-50,89,91,94,96H,1-6H3. The van der Waals surface area contributed by atoms with Gasteiger partial charge < -0.3 is 19.9 Å². The lowest BCUT2D eigenvalue weighted by atomic mass is 9.97. The van der Waals surface area contributed by atoms with Gasteiger partial charge in [0.25, 0.3) is 0 Å². The monoisotopic (exact) mass is 1230 g/mol. The molecule has 6 aromatic heterocycles. The summed E-state index contributed by atoms with van der Waals surface area (Å²) in [5, 5.41) is 0. The lowest BCUT2D eigenvalue weighted by molar-refractivity contribution is 1.31. The Kier molecular flexibility index (Phi) is 14.0. The van der Waals surface area contributed by atoms with Crippen LogP contribution in [0.15, 0.2) is 218 Å². The van der Waals surface area contributed by atoms with E-state index in [4.69, 9.17) is 19.9 Å². The molecule has 17 rings (SSSR count). The van der Waals surface area contributed by atoms with Crippen molar-refractivity contribution in [2.24, 2.45) is 0 Å². The molecule has 0 atom stereocenters. The van der Waals surface area contributed by atoms with Gasteiger partial charge in [0.15, 0.2) is 0 Å². The van der Waals surface area contributed by atoms with Crippen molar-refractivity contribution in [3.05, 3.63) is 297 Å². The van der Waals surface area contributed by atoms with Crippen molar-refractivity contribution >= 4 is 92.7 Å². The average Bonchev–Trinajstić information content (AvgIpc) is 1.61. The normalized spacial score (nSPS) is 12.3. The van der Waals surface area contributed by atoms with Gasteiger partial charge in [-0.2, -0.15) is 0 Å². The van der Waals surface area contributed by atoms with Gasteiger partial charge in [-0.3, -0.25) is 0 Å². The quantitative estimate of drug-likeness (QED) is 0.121. The van der Waals surface area contributed by atoms with Gasteiger partial charge in [-0.25, -0.2) is 19.9 Å². The number of rotatable bonds is 8. The first-order chi connectivity index (χ1) is 47.0. The Hall–Kier alpha value is -12.3. The van der Waals surface area contributed by atoms with Gasteiger partial charge in [0, 0.05) is 88.6 Å². The van der Waals surface area contributed by atoms with E-state index < -0.39 is 0 Å². The molecule has 96 heavy (non-hydrogen) atoms. The van der Waals surface area contributed by atoms with Crippen molar-refractivity contribution in [1.29, 1.82) is 0 Å². The molecule has 16 bridgehead atoms. The molecule has 8 heteroatoms. The SMILES string of the molecule is Cc1ccc(-c2c3nc(c(-c4ccc(C)cc4)c4ccc([nH]4)c(-c4cccc(-c5c6nc(c(-c7ccc(C)cc7)c7ccc([nH]7)c(-c7ccc(C)cc7)c7nc(c(-c8ccc(C)cc8)c8ccc5[nH]8)C=C7)C=C6)c4)c4nc(c(-c5ccc(C)cc5)c5ccc2[nH]5)C=C4)C=C3)cc1. The predicted octanol–water partition coefficient (Wildman–Crippen LogP) is 22.8. The lowest BCUT2D eigenvalue weighted by Crippen LogP contribution is -1.91. The maximum absolute atomic E-state index is 5.74. The van der Waals surface area contributed by atoms with Gasteiger partial charge in [0.05, 0.1) is 45.6 Å². The number of hydrogen-bond acceptors (Lipinski definition) is 4. The maximum atomic E-state index is 5.74. The summed E-state index contributed by atoms with van der Waals surface area (Å²) >= 11 is 0. The third-order valence-corrected chi connectivity index (χ3v) is 19.0. The van der Waals surface area contributed by atoms with Crippen LogP contribution in [0.3, 0.4) is 0 Å². The van der Waals surface area contributed by atoms with E-state index in [0.29, 0.717) is 0 Å². The molecule has 4 aliphatic rings. The van der Waals surface area contributed by atoms with Crippen LogP contribution in [-0.4, -0.2) is 39.9 Å². The van der Waals surface area contributed by atoms with Gasteiger partial charge in [-0.1, -0.05) is 197 Å². The average molecular weight is 1240 g/mol. The van der Waals surface area contributed by atoms with E-state index in [-0.39, 0.29) is 0 Å². The molecular formula is C88H66N8. The van der Waals surface area contributed by atoms with Gasteiger partial charge in [-0.05, 0) is 189 Å². The van der Waals surface area contributed by atoms with Gasteiger partial charge >= 0.3 is 0 Å². The summed E-state index contributed by atoms with van der Waals surface area (Å²) in [6, 6.07) is 79.0. The van der Waals surface area contributed by atoms with Crippen LogP contribution in [0.2, 0.25) is 0 Å². The van der Waals surface area contributed by atoms with Crippen molar-refractivity contribution < 1.29 is 0 Å². The fourth-order valence-corrected chi connectivity index (χ4v) is 14.0. The number of benzene rings is 7. The van der Waals surface area contributed by atoms with Gasteiger partial charge in [0.2, 0.25) is 0 Å². The highest BCUT2D eigenvalue weighted by Gasteiger charge is 2.23. The molecule has 458 valence electrons. The summed E-state index contributed by atoms with van der Waals surface area (Å²) in [6.45, 7) is 12.8. The molecule has 0 saturated carbocycles. The molecule has 8 nitrogen and oxygen atoms in total. The zero-order valence-corrected chi connectivity index (χ0v) is 54.2. The summed E-state index contributed by atoms with van der Waals surface area (Å²) in [6.07, 6.45) is 17.4. The zero-order valence-electron chi connectivity index (χ0n) is 54.2. The van der Waals surface area contributed by atoms with Crippen LogP contribution in [0.5, 0.6) is 0 Å².